The van der Waals surface area contributed by atoms with E-state index in [0.29, 0.717) is 45.9 Å². The lowest BCUT2D eigenvalue weighted by Gasteiger charge is -2.43. The first-order chi connectivity index (χ1) is 19.4. The Morgan fingerprint density at radius 3 is 2.56 bits per heavy atom. The summed E-state index contributed by atoms with van der Waals surface area (Å²) in [5.74, 6) is 1.23. The molecule has 1 N–H and O–H groups in total. The second-order valence-electron chi connectivity index (χ2n) is 11.8. The lowest BCUT2D eigenvalue weighted by molar-refractivity contribution is -0.00258. The molecule has 0 unspecified atom stereocenters. The highest BCUT2D eigenvalue weighted by Gasteiger charge is 2.50. The molecule has 1 atom stereocenters. The van der Waals surface area contributed by atoms with Crippen molar-refractivity contribution in [2.45, 2.75) is 58.6 Å². The first-order valence-electron chi connectivity index (χ1n) is 13.6. The third kappa shape index (κ3) is 5.66. The van der Waals surface area contributed by atoms with Crippen LogP contribution in [0, 0.1) is 23.7 Å². The number of amides is 1. The van der Waals surface area contributed by atoms with E-state index in [9.17, 15) is 10.1 Å². The normalized spacial score (nSPS) is 17.6. The number of fused-ring (bicyclic) bond motifs is 1. The van der Waals surface area contributed by atoms with Crippen LogP contribution >= 0.6 is 23.2 Å². The van der Waals surface area contributed by atoms with E-state index in [4.69, 9.17) is 37.7 Å². The lowest BCUT2D eigenvalue weighted by atomic mass is 9.74. The number of halogens is 2. The van der Waals surface area contributed by atoms with Crippen molar-refractivity contribution < 1.29 is 14.3 Å². The molecule has 41 heavy (non-hydrogen) atoms. The number of aryl methyl sites for hydroxylation is 1. The first kappa shape index (κ1) is 29.0. The standard InChI is InChI=1S/C31H33Cl2N5O3/c1-18-25(21-7-6-8-23(32)26(21)33)24(17-34)36-28(35-18)38-13-11-31(12-14-38)16-19-9-10-20(40-5)15-22(19)27(31)41-29(39)37-30(2,3)4/h6-10,15,27H,11-14,16H2,1-5H3,(H,37,39)/t27-/m1/s1. The quantitative estimate of drug-likeness (QED) is 0.346. The lowest BCUT2D eigenvalue weighted by Crippen LogP contribution is -2.46. The second kappa shape index (κ2) is 11.0. The summed E-state index contributed by atoms with van der Waals surface area (Å²) in [5.41, 5.74) is 3.56. The number of nitrogens with zero attached hydrogens (tertiary/aromatic N) is 4. The SMILES string of the molecule is COc1ccc2c(c1)[C@@H](OC(=O)NC(C)(C)C)C1(CCN(c3nc(C)c(-c4cccc(Cl)c4Cl)c(C#N)n3)CC1)C2. The molecule has 1 spiro atoms. The Kier molecular flexibility index (Phi) is 7.80. The molecule has 2 aromatic carbocycles. The minimum Gasteiger partial charge on any atom is -0.497 e. The summed E-state index contributed by atoms with van der Waals surface area (Å²) >= 11 is 12.7. The Balaban J connectivity index is 1.42. The summed E-state index contributed by atoms with van der Waals surface area (Å²) in [6.07, 6.45) is 1.45. The van der Waals surface area contributed by atoms with Crippen molar-refractivity contribution in [3.63, 3.8) is 0 Å². The van der Waals surface area contributed by atoms with Gasteiger partial charge in [0, 0.05) is 35.2 Å². The number of carbonyl (C=O) groups excluding carboxylic acids is 1. The molecule has 10 heteroatoms. The minimum atomic E-state index is -0.437. The first-order valence-corrected chi connectivity index (χ1v) is 14.3. The molecule has 1 aliphatic carbocycles. The fourth-order valence-corrected chi connectivity index (χ4v) is 6.32. The van der Waals surface area contributed by atoms with Gasteiger partial charge in [0.15, 0.2) is 5.69 Å². The Morgan fingerprint density at radius 2 is 1.90 bits per heavy atom. The number of piperidine rings is 1. The molecule has 3 aromatic rings. The number of rotatable bonds is 4. The summed E-state index contributed by atoms with van der Waals surface area (Å²) in [4.78, 5) is 24.5. The summed E-state index contributed by atoms with van der Waals surface area (Å²) in [5, 5.41) is 13.7. The van der Waals surface area contributed by atoms with Gasteiger partial charge in [-0.3, -0.25) is 0 Å². The van der Waals surface area contributed by atoms with Crippen LogP contribution in [0.3, 0.4) is 0 Å². The number of hydrogen-bond acceptors (Lipinski definition) is 7. The zero-order valence-electron chi connectivity index (χ0n) is 23.8. The number of anilines is 1. The number of methoxy groups -OCH3 is 1. The average Bonchev–Trinajstić information content (AvgIpc) is 3.20. The van der Waals surface area contributed by atoms with Crippen molar-refractivity contribution in [2.75, 3.05) is 25.1 Å². The van der Waals surface area contributed by atoms with Gasteiger partial charge >= 0.3 is 6.09 Å². The Labute approximate surface area is 250 Å². The van der Waals surface area contributed by atoms with Crippen LogP contribution in [0.4, 0.5) is 10.7 Å². The number of aromatic nitrogens is 2. The third-order valence-corrected chi connectivity index (χ3v) is 8.70. The van der Waals surface area contributed by atoms with Crippen molar-refractivity contribution in [2.24, 2.45) is 5.41 Å². The summed E-state index contributed by atoms with van der Waals surface area (Å²) in [7, 11) is 1.64. The molecule has 1 amide bonds. The minimum absolute atomic E-state index is 0.248. The molecule has 214 valence electrons. The highest BCUT2D eigenvalue weighted by molar-refractivity contribution is 6.43. The molecular formula is C31H33Cl2N5O3. The van der Waals surface area contributed by atoms with Gasteiger partial charge in [0.05, 0.1) is 22.8 Å². The molecule has 2 aliphatic rings. The highest BCUT2D eigenvalue weighted by atomic mass is 35.5. The van der Waals surface area contributed by atoms with E-state index in [0.717, 1.165) is 36.1 Å². The predicted octanol–water partition coefficient (Wildman–Crippen LogP) is 7.05. The molecule has 8 nitrogen and oxygen atoms in total. The maximum atomic E-state index is 12.9. The Hall–Kier alpha value is -3.54. The third-order valence-electron chi connectivity index (χ3n) is 7.88. The van der Waals surface area contributed by atoms with E-state index in [-0.39, 0.29) is 11.1 Å². The topological polar surface area (TPSA) is 100 Å². The van der Waals surface area contributed by atoms with E-state index >= 15 is 0 Å². The van der Waals surface area contributed by atoms with Crippen molar-refractivity contribution >= 4 is 35.2 Å². The summed E-state index contributed by atoms with van der Waals surface area (Å²) < 4.78 is 11.7. The Morgan fingerprint density at radius 1 is 1.17 bits per heavy atom. The molecule has 1 fully saturated rings. The number of ether oxygens (including phenoxy) is 2. The van der Waals surface area contributed by atoms with Crippen LogP contribution in [0.5, 0.6) is 5.75 Å². The molecular weight excluding hydrogens is 561 g/mol. The number of benzene rings is 2. The maximum Gasteiger partial charge on any atom is 0.408 e. The predicted molar refractivity (Wildman–Crippen MR) is 160 cm³/mol. The number of hydrogen-bond donors (Lipinski definition) is 1. The average molecular weight is 595 g/mol. The molecule has 0 saturated carbocycles. The maximum absolute atomic E-state index is 12.9. The van der Waals surface area contributed by atoms with Crippen molar-refractivity contribution in [1.29, 1.82) is 5.26 Å². The monoisotopic (exact) mass is 593 g/mol. The number of carbonyl (C=O) groups is 1. The molecule has 1 aromatic heterocycles. The Bertz CT molecular complexity index is 1540. The van der Waals surface area contributed by atoms with Crippen LogP contribution in [-0.4, -0.2) is 41.8 Å². The fourth-order valence-electron chi connectivity index (χ4n) is 5.93. The number of alkyl carbamates (subject to hydrolysis) is 1. The largest absolute Gasteiger partial charge is 0.497 e. The molecule has 1 saturated heterocycles. The molecule has 0 radical (unpaired) electrons. The van der Waals surface area contributed by atoms with Crippen LogP contribution in [0.2, 0.25) is 10.0 Å². The van der Waals surface area contributed by atoms with Gasteiger partial charge in [0.1, 0.15) is 17.9 Å². The van der Waals surface area contributed by atoms with Gasteiger partial charge in [-0.2, -0.15) is 5.26 Å². The molecule has 5 rings (SSSR count). The van der Waals surface area contributed by atoms with E-state index < -0.39 is 17.7 Å². The van der Waals surface area contributed by atoms with Crippen LogP contribution in [0.25, 0.3) is 11.1 Å². The van der Waals surface area contributed by atoms with E-state index in [1.807, 2.05) is 45.9 Å². The van der Waals surface area contributed by atoms with Crippen molar-refractivity contribution in [3.05, 3.63) is 69.0 Å². The zero-order chi connectivity index (χ0) is 29.5. The number of nitriles is 1. The smallest absolute Gasteiger partial charge is 0.408 e. The summed E-state index contributed by atoms with van der Waals surface area (Å²) in [6.45, 7) is 8.93. The number of nitrogens with one attached hydrogen (secondary N) is 1. The van der Waals surface area contributed by atoms with Crippen molar-refractivity contribution in [1.82, 2.24) is 15.3 Å². The van der Waals surface area contributed by atoms with Crippen molar-refractivity contribution in [3.8, 4) is 22.9 Å². The van der Waals surface area contributed by atoms with Gasteiger partial charge in [-0.05, 0) is 76.3 Å². The van der Waals surface area contributed by atoms with Crippen LogP contribution in [-0.2, 0) is 11.2 Å². The van der Waals surface area contributed by atoms with Gasteiger partial charge < -0.3 is 19.7 Å². The van der Waals surface area contributed by atoms with E-state index in [1.54, 1.807) is 19.2 Å². The second-order valence-corrected chi connectivity index (χ2v) is 12.6. The van der Waals surface area contributed by atoms with E-state index in [1.165, 1.54) is 0 Å². The van der Waals surface area contributed by atoms with Crippen LogP contribution in [0.15, 0.2) is 36.4 Å². The zero-order valence-corrected chi connectivity index (χ0v) is 25.4. The fraction of sp³-hybridized carbons (Fsp3) is 0.419. The summed E-state index contributed by atoms with van der Waals surface area (Å²) in [6, 6.07) is 13.5. The molecule has 2 heterocycles. The van der Waals surface area contributed by atoms with Gasteiger partial charge in [-0.25, -0.2) is 14.8 Å². The van der Waals surface area contributed by atoms with E-state index in [2.05, 4.69) is 27.3 Å². The van der Waals surface area contributed by atoms with Gasteiger partial charge in [0.25, 0.3) is 0 Å². The highest BCUT2D eigenvalue weighted by Crippen LogP contribution is 2.54. The van der Waals surface area contributed by atoms with Crippen LogP contribution < -0.4 is 15.0 Å². The van der Waals surface area contributed by atoms with Gasteiger partial charge in [-0.15, -0.1) is 0 Å². The van der Waals surface area contributed by atoms with Gasteiger partial charge in [-0.1, -0.05) is 41.4 Å². The van der Waals surface area contributed by atoms with Gasteiger partial charge in [0.2, 0.25) is 5.95 Å². The molecule has 0 bridgehead atoms. The molecule has 1 aliphatic heterocycles. The van der Waals surface area contributed by atoms with Crippen LogP contribution in [0.1, 0.15) is 62.2 Å².